The Labute approximate surface area is 199 Å². The van der Waals surface area contributed by atoms with Crippen LogP contribution in [0.25, 0.3) is 0 Å². The maximum absolute atomic E-state index is 12.5. The summed E-state index contributed by atoms with van der Waals surface area (Å²) in [4.78, 5) is 49.2. The highest BCUT2D eigenvalue weighted by Crippen LogP contribution is 2.39. The number of thiophene rings is 1. The number of carbonyl (C=O) groups excluding carboxylic acids is 3. The van der Waals surface area contributed by atoms with Crippen molar-refractivity contribution in [3.05, 3.63) is 43.8 Å². The molecule has 0 bridgehead atoms. The van der Waals surface area contributed by atoms with Gasteiger partial charge in [-0.1, -0.05) is 0 Å². The minimum Gasteiger partial charge on any atom is -0.493 e. The predicted octanol–water partition coefficient (Wildman–Crippen LogP) is 3.52. The fourth-order valence-electron chi connectivity index (χ4n) is 3.63. The molecule has 1 aliphatic rings. The van der Waals surface area contributed by atoms with Gasteiger partial charge < -0.3 is 24.3 Å². The van der Waals surface area contributed by atoms with Gasteiger partial charge >= 0.3 is 11.9 Å². The third-order valence-electron chi connectivity index (χ3n) is 5.16. The lowest BCUT2D eigenvalue weighted by Crippen LogP contribution is -2.22. The van der Waals surface area contributed by atoms with Crippen LogP contribution in [0.4, 0.5) is 10.7 Å². The Balaban J connectivity index is 1.76. The van der Waals surface area contributed by atoms with E-state index in [0.29, 0.717) is 17.0 Å². The average Bonchev–Trinajstić information content (AvgIpc) is 3.19. The Morgan fingerprint density at radius 2 is 1.74 bits per heavy atom. The average molecular weight is 493 g/mol. The second kappa shape index (κ2) is 11.0. The number of fused-ring (bicyclic) bond motifs is 1. The second-order valence-electron chi connectivity index (χ2n) is 7.24. The molecule has 0 aliphatic heterocycles. The van der Waals surface area contributed by atoms with Crippen LogP contribution < -0.4 is 14.8 Å². The monoisotopic (exact) mass is 492 g/mol. The van der Waals surface area contributed by atoms with Crippen LogP contribution in [-0.2, 0) is 27.1 Å². The van der Waals surface area contributed by atoms with Crippen LogP contribution in [0.15, 0.2) is 12.1 Å². The number of hydrogen-bond acceptors (Lipinski definition) is 10. The number of rotatable bonds is 9. The largest absolute Gasteiger partial charge is 0.493 e. The molecule has 0 fully saturated rings. The van der Waals surface area contributed by atoms with Crippen molar-refractivity contribution in [1.82, 2.24) is 0 Å². The predicted molar refractivity (Wildman–Crippen MR) is 122 cm³/mol. The molecule has 12 heteroatoms. The zero-order chi connectivity index (χ0) is 24.8. The number of aryl methyl sites for hydroxylation is 1. The molecule has 0 radical (unpaired) electrons. The fraction of sp³-hybridized carbons (Fsp3) is 0.409. The molecule has 1 aromatic heterocycles. The van der Waals surface area contributed by atoms with Crippen LogP contribution in [0, 0.1) is 10.1 Å². The van der Waals surface area contributed by atoms with E-state index in [1.807, 2.05) is 0 Å². The van der Waals surface area contributed by atoms with E-state index >= 15 is 0 Å². The Morgan fingerprint density at radius 3 is 2.38 bits per heavy atom. The number of nitro benzene ring substituents is 1. The molecule has 0 saturated heterocycles. The standard InChI is InChI=1S/C22H24N2O9S/c1-4-32-22(27)19-12-7-5-6-8-17(12)34-20(19)23-18(25)11-33-21(26)13-9-15(30-2)16(31-3)10-14(13)24(28)29/h9-10H,4-8,11H2,1-3H3,(H,23,25). The van der Waals surface area contributed by atoms with E-state index in [9.17, 15) is 24.5 Å². The zero-order valence-electron chi connectivity index (χ0n) is 18.9. The Kier molecular flexibility index (Phi) is 8.05. The fourth-order valence-corrected chi connectivity index (χ4v) is 4.92. The SMILES string of the molecule is CCOC(=O)c1c(NC(=O)COC(=O)c2cc(OC)c(OC)cc2[N+](=O)[O-])sc2c1CCCC2. The summed E-state index contributed by atoms with van der Waals surface area (Å²) in [7, 11) is 2.62. The lowest BCUT2D eigenvalue weighted by molar-refractivity contribution is -0.385. The van der Waals surface area contributed by atoms with E-state index in [1.165, 1.54) is 25.6 Å². The highest BCUT2D eigenvalue weighted by molar-refractivity contribution is 7.17. The van der Waals surface area contributed by atoms with Gasteiger partial charge in [0.15, 0.2) is 18.1 Å². The van der Waals surface area contributed by atoms with Crippen LogP contribution in [0.2, 0.25) is 0 Å². The smallest absolute Gasteiger partial charge is 0.345 e. The summed E-state index contributed by atoms with van der Waals surface area (Å²) >= 11 is 1.30. The number of nitro groups is 1. The number of benzene rings is 1. The summed E-state index contributed by atoms with van der Waals surface area (Å²) < 4.78 is 20.3. The lowest BCUT2D eigenvalue weighted by Gasteiger charge is -2.12. The number of esters is 2. The molecule has 3 rings (SSSR count). The maximum Gasteiger partial charge on any atom is 0.345 e. The van der Waals surface area contributed by atoms with Crippen LogP contribution in [0.1, 0.15) is 50.9 Å². The van der Waals surface area contributed by atoms with Crippen LogP contribution >= 0.6 is 11.3 Å². The number of methoxy groups -OCH3 is 2. The first-order valence-corrected chi connectivity index (χ1v) is 11.3. The minimum absolute atomic E-state index is 0.0663. The Morgan fingerprint density at radius 1 is 1.06 bits per heavy atom. The van der Waals surface area contributed by atoms with Gasteiger partial charge in [0.05, 0.1) is 37.4 Å². The number of ether oxygens (including phenoxy) is 4. The van der Waals surface area contributed by atoms with Crippen LogP contribution in [0.5, 0.6) is 11.5 Å². The van der Waals surface area contributed by atoms with Gasteiger partial charge in [-0.2, -0.15) is 0 Å². The summed E-state index contributed by atoms with van der Waals surface area (Å²) in [5.74, 6) is -2.14. The number of anilines is 1. The van der Waals surface area contributed by atoms with Crippen molar-refractivity contribution in [1.29, 1.82) is 0 Å². The van der Waals surface area contributed by atoms with E-state index in [0.717, 1.165) is 41.8 Å². The molecular weight excluding hydrogens is 468 g/mol. The van der Waals surface area contributed by atoms with Gasteiger partial charge in [0.1, 0.15) is 10.6 Å². The van der Waals surface area contributed by atoms with Crippen LogP contribution in [-0.4, -0.2) is 50.2 Å². The van der Waals surface area contributed by atoms with Crippen molar-refractivity contribution in [2.75, 3.05) is 32.8 Å². The van der Waals surface area contributed by atoms with Gasteiger partial charge in [-0.15, -0.1) is 11.3 Å². The van der Waals surface area contributed by atoms with Crippen molar-refractivity contribution in [2.45, 2.75) is 32.6 Å². The molecule has 1 amide bonds. The van der Waals surface area contributed by atoms with Gasteiger partial charge in [0.25, 0.3) is 11.6 Å². The molecule has 0 unspecified atom stereocenters. The van der Waals surface area contributed by atoms with E-state index in [2.05, 4.69) is 5.32 Å². The second-order valence-corrected chi connectivity index (χ2v) is 8.35. The third kappa shape index (κ3) is 5.28. The molecule has 0 spiro atoms. The minimum atomic E-state index is -1.08. The molecule has 0 saturated carbocycles. The van der Waals surface area contributed by atoms with E-state index in [1.54, 1.807) is 6.92 Å². The Bertz CT molecular complexity index is 1130. The molecule has 1 heterocycles. The highest BCUT2D eigenvalue weighted by Gasteiger charge is 2.29. The molecule has 2 aromatic rings. The molecular formula is C22H24N2O9S. The van der Waals surface area contributed by atoms with Gasteiger partial charge in [-0.25, -0.2) is 9.59 Å². The third-order valence-corrected chi connectivity index (χ3v) is 6.36. The molecule has 11 nitrogen and oxygen atoms in total. The maximum atomic E-state index is 12.5. The lowest BCUT2D eigenvalue weighted by atomic mass is 9.95. The first-order valence-electron chi connectivity index (χ1n) is 10.5. The van der Waals surface area contributed by atoms with Gasteiger partial charge in [-0.05, 0) is 38.2 Å². The summed E-state index contributed by atoms with van der Waals surface area (Å²) in [5, 5.41) is 14.4. The molecule has 1 aliphatic carbocycles. The van der Waals surface area contributed by atoms with Gasteiger partial charge in [0.2, 0.25) is 0 Å². The van der Waals surface area contributed by atoms with Crippen LogP contribution in [0.3, 0.4) is 0 Å². The van der Waals surface area contributed by atoms with Crippen molar-refractivity contribution in [3.63, 3.8) is 0 Å². The Hall–Kier alpha value is -3.67. The zero-order valence-corrected chi connectivity index (χ0v) is 19.7. The highest BCUT2D eigenvalue weighted by atomic mass is 32.1. The van der Waals surface area contributed by atoms with E-state index < -0.39 is 40.6 Å². The molecule has 1 N–H and O–H groups in total. The molecule has 0 atom stereocenters. The number of amides is 1. The van der Waals surface area contributed by atoms with Crippen molar-refractivity contribution >= 4 is 39.9 Å². The van der Waals surface area contributed by atoms with E-state index in [-0.39, 0.29) is 18.1 Å². The molecule has 34 heavy (non-hydrogen) atoms. The topological polar surface area (TPSA) is 143 Å². The summed E-state index contributed by atoms with van der Waals surface area (Å²) in [6, 6.07) is 2.15. The molecule has 1 aromatic carbocycles. The number of carbonyl (C=O) groups is 3. The first-order chi connectivity index (χ1) is 16.3. The number of hydrogen-bond donors (Lipinski definition) is 1. The summed E-state index contributed by atoms with van der Waals surface area (Å²) in [6.45, 7) is 1.18. The quantitative estimate of drug-likeness (QED) is 0.316. The summed E-state index contributed by atoms with van der Waals surface area (Å²) in [6.07, 6.45) is 3.45. The number of nitrogens with one attached hydrogen (secondary N) is 1. The van der Waals surface area contributed by atoms with Gasteiger partial charge in [-0.3, -0.25) is 14.9 Å². The van der Waals surface area contributed by atoms with E-state index in [4.69, 9.17) is 18.9 Å². The normalized spacial score (nSPS) is 12.3. The first kappa shape index (κ1) is 25.0. The molecule has 182 valence electrons. The van der Waals surface area contributed by atoms with Crippen molar-refractivity contribution in [3.8, 4) is 11.5 Å². The summed E-state index contributed by atoms with van der Waals surface area (Å²) in [5.41, 5.74) is 0.257. The van der Waals surface area contributed by atoms with Gasteiger partial charge in [0, 0.05) is 10.9 Å². The van der Waals surface area contributed by atoms with Crippen molar-refractivity contribution < 1.29 is 38.3 Å². The van der Waals surface area contributed by atoms with Crippen molar-refractivity contribution in [2.24, 2.45) is 0 Å². The number of nitrogens with zero attached hydrogens (tertiary/aromatic N) is 1.